The Morgan fingerprint density at radius 3 is 2.70 bits per heavy atom. The number of hydrogen-bond donors (Lipinski definition) is 1. The van der Waals surface area contributed by atoms with Crippen LogP contribution in [-0.4, -0.2) is 29.8 Å². The van der Waals surface area contributed by atoms with Crippen LogP contribution >= 0.6 is 11.3 Å². The number of carbonyl (C=O) groups excluding carboxylic acids is 1. The van der Waals surface area contributed by atoms with Gasteiger partial charge in [-0.1, -0.05) is 36.8 Å². The molecule has 0 aliphatic rings. The van der Waals surface area contributed by atoms with Crippen molar-refractivity contribution in [1.29, 1.82) is 0 Å². The first-order valence-electron chi connectivity index (χ1n) is 6.50. The topological polar surface area (TPSA) is 64.1 Å². The Kier molecular flexibility index (Phi) is 5.06. The van der Waals surface area contributed by atoms with E-state index in [1.165, 1.54) is 18.4 Å². The number of benzene rings is 1. The molecular formula is C14H17N3O2S. The number of rotatable bonds is 6. The van der Waals surface area contributed by atoms with E-state index < -0.39 is 0 Å². The highest BCUT2D eigenvalue weighted by molar-refractivity contribution is 7.18. The molecule has 1 aromatic heterocycles. The smallest absolute Gasteiger partial charge is 0.337 e. The molecule has 106 valence electrons. The zero-order chi connectivity index (χ0) is 14.4. The summed E-state index contributed by atoms with van der Waals surface area (Å²) < 4.78 is 4.67. The monoisotopic (exact) mass is 291 g/mol. The Hall–Kier alpha value is -1.95. The summed E-state index contributed by atoms with van der Waals surface area (Å²) in [6.07, 6.45) is 2.26. The SMILES string of the molecule is CCCCNc1nnc(-c2ccc(C(=O)OC)cc2)s1. The minimum Gasteiger partial charge on any atom is -0.465 e. The number of esters is 1. The molecule has 0 radical (unpaired) electrons. The third-order valence-corrected chi connectivity index (χ3v) is 3.71. The van der Waals surface area contributed by atoms with E-state index in [0.717, 1.165) is 35.1 Å². The summed E-state index contributed by atoms with van der Waals surface area (Å²) in [4.78, 5) is 11.4. The van der Waals surface area contributed by atoms with Crippen molar-refractivity contribution >= 4 is 22.4 Å². The van der Waals surface area contributed by atoms with Gasteiger partial charge < -0.3 is 10.1 Å². The fourth-order valence-corrected chi connectivity index (χ4v) is 2.42. The quantitative estimate of drug-likeness (QED) is 0.654. The highest BCUT2D eigenvalue weighted by Crippen LogP contribution is 2.26. The summed E-state index contributed by atoms with van der Waals surface area (Å²) in [7, 11) is 1.37. The van der Waals surface area contributed by atoms with Crippen LogP contribution in [-0.2, 0) is 4.74 Å². The van der Waals surface area contributed by atoms with Gasteiger partial charge in [0.1, 0.15) is 5.01 Å². The number of unbranched alkanes of at least 4 members (excludes halogenated alkanes) is 1. The lowest BCUT2D eigenvalue weighted by atomic mass is 10.1. The van der Waals surface area contributed by atoms with E-state index in [1.807, 2.05) is 12.1 Å². The maximum absolute atomic E-state index is 11.4. The number of carbonyl (C=O) groups is 1. The Bertz CT molecular complexity index is 566. The van der Waals surface area contributed by atoms with Gasteiger partial charge in [-0.25, -0.2) is 4.79 Å². The van der Waals surface area contributed by atoms with Crippen LogP contribution in [0.25, 0.3) is 10.6 Å². The summed E-state index contributed by atoms with van der Waals surface area (Å²) in [5, 5.41) is 13.2. The van der Waals surface area contributed by atoms with Crippen LogP contribution in [0.1, 0.15) is 30.1 Å². The van der Waals surface area contributed by atoms with E-state index in [0.29, 0.717) is 5.56 Å². The Morgan fingerprint density at radius 1 is 1.30 bits per heavy atom. The molecule has 0 amide bonds. The van der Waals surface area contributed by atoms with Gasteiger partial charge in [-0.3, -0.25) is 0 Å². The number of methoxy groups -OCH3 is 1. The number of nitrogens with one attached hydrogen (secondary N) is 1. The van der Waals surface area contributed by atoms with Crippen LogP contribution < -0.4 is 5.32 Å². The molecule has 0 spiro atoms. The van der Waals surface area contributed by atoms with Crippen molar-refractivity contribution in [3.8, 4) is 10.6 Å². The molecule has 0 aliphatic carbocycles. The van der Waals surface area contributed by atoms with E-state index in [1.54, 1.807) is 12.1 Å². The van der Waals surface area contributed by atoms with Crippen LogP contribution in [0.3, 0.4) is 0 Å². The highest BCUT2D eigenvalue weighted by atomic mass is 32.1. The standard InChI is InChI=1S/C14H17N3O2S/c1-3-4-9-15-14-17-16-12(20-14)10-5-7-11(8-6-10)13(18)19-2/h5-8H,3-4,9H2,1-2H3,(H,15,17). The van der Waals surface area contributed by atoms with Gasteiger partial charge in [0.15, 0.2) is 0 Å². The maximum atomic E-state index is 11.4. The molecule has 1 heterocycles. The third kappa shape index (κ3) is 3.54. The Labute approximate surface area is 122 Å². The average molecular weight is 291 g/mol. The molecule has 1 N–H and O–H groups in total. The number of aromatic nitrogens is 2. The summed E-state index contributed by atoms with van der Waals surface area (Å²) in [5.74, 6) is -0.337. The van der Waals surface area contributed by atoms with Crippen molar-refractivity contribution in [2.45, 2.75) is 19.8 Å². The van der Waals surface area contributed by atoms with Gasteiger partial charge in [0.25, 0.3) is 0 Å². The molecule has 0 saturated carbocycles. The molecule has 0 atom stereocenters. The summed E-state index contributed by atoms with van der Waals surface area (Å²) >= 11 is 1.51. The molecule has 5 nitrogen and oxygen atoms in total. The van der Waals surface area contributed by atoms with Gasteiger partial charge in [-0.2, -0.15) is 0 Å². The first kappa shape index (κ1) is 14.5. The zero-order valence-corrected chi connectivity index (χ0v) is 12.4. The summed E-state index contributed by atoms with van der Waals surface area (Å²) in [5.41, 5.74) is 1.47. The van der Waals surface area contributed by atoms with Gasteiger partial charge in [-0.05, 0) is 18.6 Å². The van der Waals surface area contributed by atoms with Gasteiger partial charge in [0, 0.05) is 12.1 Å². The fraction of sp³-hybridized carbons (Fsp3) is 0.357. The van der Waals surface area contributed by atoms with Gasteiger partial charge in [-0.15, -0.1) is 10.2 Å². The number of hydrogen-bond acceptors (Lipinski definition) is 6. The van der Waals surface area contributed by atoms with Crippen LogP contribution in [0.5, 0.6) is 0 Å². The zero-order valence-electron chi connectivity index (χ0n) is 11.5. The van der Waals surface area contributed by atoms with Crippen LogP contribution in [0, 0.1) is 0 Å². The van der Waals surface area contributed by atoms with Crippen molar-refractivity contribution in [2.75, 3.05) is 19.0 Å². The molecule has 2 aromatic rings. The van der Waals surface area contributed by atoms with E-state index >= 15 is 0 Å². The van der Waals surface area contributed by atoms with Crippen molar-refractivity contribution < 1.29 is 9.53 Å². The third-order valence-electron chi connectivity index (χ3n) is 2.78. The Balaban J connectivity index is 2.06. The summed E-state index contributed by atoms with van der Waals surface area (Å²) in [6.45, 7) is 3.06. The van der Waals surface area contributed by atoms with E-state index in [2.05, 4.69) is 27.2 Å². The molecular weight excluding hydrogens is 274 g/mol. The van der Waals surface area contributed by atoms with Crippen molar-refractivity contribution in [3.63, 3.8) is 0 Å². The fourth-order valence-electron chi connectivity index (χ4n) is 1.65. The van der Waals surface area contributed by atoms with Crippen molar-refractivity contribution in [2.24, 2.45) is 0 Å². The average Bonchev–Trinajstić information content (AvgIpc) is 2.96. The van der Waals surface area contributed by atoms with Crippen LogP contribution in [0.4, 0.5) is 5.13 Å². The largest absolute Gasteiger partial charge is 0.465 e. The second-order valence-electron chi connectivity index (χ2n) is 4.26. The minimum atomic E-state index is -0.337. The predicted molar refractivity (Wildman–Crippen MR) is 80.1 cm³/mol. The normalized spacial score (nSPS) is 10.3. The lowest BCUT2D eigenvalue weighted by Crippen LogP contribution is -2.00. The molecule has 0 aliphatic heterocycles. The molecule has 6 heteroatoms. The lowest BCUT2D eigenvalue weighted by molar-refractivity contribution is 0.0601. The maximum Gasteiger partial charge on any atom is 0.337 e. The second kappa shape index (κ2) is 7.00. The molecule has 0 unspecified atom stereocenters. The van der Waals surface area contributed by atoms with E-state index in [-0.39, 0.29) is 5.97 Å². The molecule has 0 saturated heterocycles. The molecule has 20 heavy (non-hydrogen) atoms. The first-order valence-corrected chi connectivity index (χ1v) is 7.32. The van der Waals surface area contributed by atoms with Gasteiger partial charge in [0.05, 0.1) is 12.7 Å². The summed E-state index contributed by atoms with van der Waals surface area (Å²) in [6, 6.07) is 7.16. The highest BCUT2D eigenvalue weighted by Gasteiger charge is 2.08. The number of nitrogens with zero attached hydrogens (tertiary/aromatic N) is 2. The van der Waals surface area contributed by atoms with E-state index in [4.69, 9.17) is 0 Å². The van der Waals surface area contributed by atoms with Crippen LogP contribution in [0.15, 0.2) is 24.3 Å². The van der Waals surface area contributed by atoms with Gasteiger partial charge >= 0.3 is 5.97 Å². The molecule has 2 rings (SSSR count). The van der Waals surface area contributed by atoms with Crippen molar-refractivity contribution in [1.82, 2.24) is 10.2 Å². The van der Waals surface area contributed by atoms with Crippen molar-refractivity contribution in [3.05, 3.63) is 29.8 Å². The first-order chi connectivity index (χ1) is 9.74. The lowest BCUT2D eigenvalue weighted by Gasteiger charge is -2.00. The minimum absolute atomic E-state index is 0.337. The second-order valence-corrected chi connectivity index (χ2v) is 5.24. The molecule has 0 fully saturated rings. The predicted octanol–water partition coefficient (Wildman–Crippen LogP) is 3.20. The number of ether oxygens (including phenoxy) is 1. The number of anilines is 1. The molecule has 0 bridgehead atoms. The Morgan fingerprint density at radius 2 is 2.05 bits per heavy atom. The van der Waals surface area contributed by atoms with Gasteiger partial charge in [0.2, 0.25) is 5.13 Å². The van der Waals surface area contributed by atoms with Crippen LogP contribution in [0.2, 0.25) is 0 Å². The van der Waals surface area contributed by atoms with E-state index in [9.17, 15) is 4.79 Å². The molecule has 1 aromatic carbocycles.